The van der Waals surface area contributed by atoms with Crippen LogP contribution in [0, 0.1) is 19.8 Å². The number of nitrogens with zero attached hydrogens (tertiary/aromatic N) is 5. The first-order valence-electron chi connectivity index (χ1n) is 10.1. The SMILES string of the molecule is Cc1nc2c(c(Nc3cc(C)[nH]n3)n1)CCN(C(=O)C1CCN(S(C)(=O)=O)CC1)C2. The Labute approximate surface area is 176 Å². The zero-order valence-electron chi connectivity index (χ0n) is 17.5. The number of aromatic nitrogens is 4. The van der Waals surface area contributed by atoms with E-state index in [1.54, 1.807) is 0 Å². The van der Waals surface area contributed by atoms with Gasteiger partial charge in [-0.1, -0.05) is 0 Å². The number of hydrogen-bond acceptors (Lipinski definition) is 7. The number of sulfonamides is 1. The van der Waals surface area contributed by atoms with E-state index in [2.05, 4.69) is 25.5 Å². The molecule has 2 aromatic heterocycles. The maximum atomic E-state index is 13.1. The summed E-state index contributed by atoms with van der Waals surface area (Å²) in [5.74, 6) is 2.01. The van der Waals surface area contributed by atoms with Crippen LogP contribution in [-0.4, -0.2) is 69.6 Å². The van der Waals surface area contributed by atoms with E-state index in [1.165, 1.54) is 10.6 Å². The standard InChI is InChI=1S/C19H27N7O3S/c1-12-10-17(24-23-12)22-18-15-6-7-25(11-16(15)20-13(2)21-18)19(27)14-4-8-26(9-5-14)30(3,28)29/h10,14H,4-9,11H2,1-3H3,(H2,20,21,22,23,24). The normalized spacial score (nSPS) is 18.3. The molecule has 0 saturated carbocycles. The number of carbonyl (C=O) groups is 1. The molecule has 162 valence electrons. The summed E-state index contributed by atoms with van der Waals surface area (Å²) < 4.78 is 24.9. The monoisotopic (exact) mass is 433 g/mol. The highest BCUT2D eigenvalue weighted by Crippen LogP contribution is 2.28. The molecule has 2 aliphatic rings. The van der Waals surface area contributed by atoms with Crippen molar-refractivity contribution in [2.75, 3.05) is 31.2 Å². The highest BCUT2D eigenvalue weighted by atomic mass is 32.2. The van der Waals surface area contributed by atoms with Gasteiger partial charge in [0.25, 0.3) is 0 Å². The number of amides is 1. The van der Waals surface area contributed by atoms with Gasteiger partial charge in [0.1, 0.15) is 11.6 Å². The summed E-state index contributed by atoms with van der Waals surface area (Å²) in [6.45, 7) is 5.61. The number of H-pyrrole nitrogens is 1. The van der Waals surface area contributed by atoms with Crippen LogP contribution >= 0.6 is 0 Å². The number of fused-ring (bicyclic) bond motifs is 1. The van der Waals surface area contributed by atoms with E-state index < -0.39 is 10.0 Å². The minimum Gasteiger partial charge on any atom is -0.336 e. The van der Waals surface area contributed by atoms with Crippen LogP contribution in [0.1, 0.15) is 35.6 Å². The number of aromatic amines is 1. The Morgan fingerprint density at radius 3 is 2.57 bits per heavy atom. The maximum Gasteiger partial charge on any atom is 0.226 e. The van der Waals surface area contributed by atoms with Crippen LogP contribution in [0.25, 0.3) is 0 Å². The molecule has 4 heterocycles. The summed E-state index contributed by atoms with van der Waals surface area (Å²) in [5.41, 5.74) is 2.82. The van der Waals surface area contributed by atoms with Gasteiger partial charge in [-0.25, -0.2) is 22.7 Å². The number of carbonyl (C=O) groups excluding carboxylic acids is 1. The second-order valence-electron chi connectivity index (χ2n) is 8.05. The van der Waals surface area contributed by atoms with Crippen LogP contribution in [-0.2, 0) is 27.8 Å². The molecule has 0 aliphatic carbocycles. The van der Waals surface area contributed by atoms with Gasteiger partial charge in [-0.05, 0) is 33.1 Å². The van der Waals surface area contributed by atoms with E-state index in [0.717, 1.165) is 22.8 Å². The van der Waals surface area contributed by atoms with Gasteiger partial charge < -0.3 is 10.2 Å². The molecule has 0 bridgehead atoms. The smallest absolute Gasteiger partial charge is 0.226 e. The summed E-state index contributed by atoms with van der Waals surface area (Å²) in [6.07, 6.45) is 3.00. The minimum atomic E-state index is -3.20. The Bertz CT molecular complexity index is 1060. The molecule has 10 nitrogen and oxygen atoms in total. The predicted octanol–water partition coefficient (Wildman–Crippen LogP) is 1.12. The lowest BCUT2D eigenvalue weighted by atomic mass is 9.95. The number of rotatable bonds is 4. The minimum absolute atomic E-state index is 0.0856. The van der Waals surface area contributed by atoms with E-state index in [4.69, 9.17) is 0 Å². The largest absolute Gasteiger partial charge is 0.336 e. The molecule has 30 heavy (non-hydrogen) atoms. The van der Waals surface area contributed by atoms with Crippen molar-refractivity contribution >= 4 is 27.6 Å². The average molecular weight is 434 g/mol. The number of hydrogen-bond donors (Lipinski definition) is 2. The first kappa shape index (κ1) is 20.7. The fourth-order valence-electron chi connectivity index (χ4n) is 4.14. The van der Waals surface area contributed by atoms with Crippen molar-refractivity contribution < 1.29 is 13.2 Å². The summed E-state index contributed by atoms with van der Waals surface area (Å²) >= 11 is 0. The Morgan fingerprint density at radius 2 is 1.93 bits per heavy atom. The summed E-state index contributed by atoms with van der Waals surface area (Å²) in [4.78, 5) is 24.0. The van der Waals surface area contributed by atoms with Crippen LogP contribution in [0.3, 0.4) is 0 Å². The summed E-state index contributed by atoms with van der Waals surface area (Å²) in [7, 11) is -3.20. The molecule has 2 aromatic rings. The van der Waals surface area contributed by atoms with Crippen molar-refractivity contribution in [1.82, 2.24) is 29.4 Å². The summed E-state index contributed by atoms with van der Waals surface area (Å²) in [6, 6.07) is 1.91. The molecule has 2 N–H and O–H groups in total. The molecule has 4 rings (SSSR count). The molecular formula is C19H27N7O3S. The number of aryl methyl sites for hydroxylation is 2. The van der Waals surface area contributed by atoms with Crippen LogP contribution in [0.4, 0.5) is 11.6 Å². The third-order valence-corrected chi connectivity index (χ3v) is 7.02. The average Bonchev–Trinajstić information content (AvgIpc) is 3.11. The lowest BCUT2D eigenvalue weighted by molar-refractivity contribution is -0.137. The van der Waals surface area contributed by atoms with E-state index in [-0.39, 0.29) is 11.8 Å². The Balaban J connectivity index is 1.46. The van der Waals surface area contributed by atoms with E-state index in [9.17, 15) is 13.2 Å². The van der Waals surface area contributed by atoms with Gasteiger partial charge in [0.05, 0.1) is 18.5 Å². The second-order valence-corrected chi connectivity index (χ2v) is 10.0. The lowest BCUT2D eigenvalue weighted by Crippen LogP contribution is -2.45. The van der Waals surface area contributed by atoms with Gasteiger partial charge in [-0.15, -0.1) is 0 Å². The fourth-order valence-corrected chi connectivity index (χ4v) is 5.02. The van der Waals surface area contributed by atoms with Gasteiger partial charge >= 0.3 is 0 Å². The van der Waals surface area contributed by atoms with Crippen molar-refractivity contribution in [1.29, 1.82) is 0 Å². The maximum absolute atomic E-state index is 13.1. The van der Waals surface area contributed by atoms with Crippen molar-refractivity contribution in [3.8, 4) is 0 Å². The second kappa shape index (κ2) is 7.95. The number of piperidine rings is 1. The van der Waals surface area contributed by atoms with Crippen LogP contribution < -0.4 is 5.32 Å². The Kier molecular flexibility index (Phi) is 5.49. The highest BCUT2D eigenvalue weighted by Gasteiger charge is 2.33. The molecule has 1 saturated heterocycles. The molecule has 2 aliphatic heterocycles. The van der Waals surface area contributed by atoms with E-state index in [0.29, 0.717) is 57.1 Å². The van der Waals surface area contributed by atoms with Gasteiger partial charge in [0.15, 0.2) is 5.82 Å². The van der Waals surface area contributed by atoms with Gasteiger partial charge in [-0.2, -0.15) is 5.10 Å². The first-order chi connectivity index (χ1) is 14.2. The molecule has 11 heteroatoms. The fraction of sp³-hybridized carbons (Fsp3) is 0.579. The zero-order chi connectivity index (χ0) is 21.5. The Hall–Kier alpha value is -2.53. The third kappa shape index (κ3) is 4.31. The topological polar surface area (TPSA) is 124 Å². The third-order valence-electron chi connectivity index (χ3n) is 5.71. The molecule has 0 spiro atoms. The van der Waals surface area contributed by atoms with Gasteiger partial charge in [0, 0.05) is 42.9 Å². The molecule has 1 amide bonds. The van der Waals surface area contributed by atoms with Crippen molar-refractivity contribution in [3.63, 3.8) is 0 Å². The molecule has 1 fully saturated rings. The number of anilines is 2. The molecule has 0 aromatic carbocycles. The molecule has 0 radical (unpaired) electrons. The van der Waals surface area contributed by atoms with Crippen LogP contribution in [0.2, 0.25) is 0 Å². The van der Waals surface area contributed by atoms with Crippen molar-refractivity contribution in [3.05, 3.63) is 28.8 Å². The van der Waals surface area contributed by atoms with Crippen LogP contribution in [0.15, 0.2) is 6.07 Å². The first-order valence-corrected chi connectivity index (χ1v) is 11.9. The molecular weight excluding hydrogens is 406 g/mol. The lowest BCUT2D eigenvalue weighted by Gasteiger charge is -2.35. The van der Waals surface area contributed by atoms with Gasteiger partial charge in [-0.3, -0.25) is 9.89 Å². The predicted molar refractivity (Wildman–Crippen MR) is 112 cm³/mol. The highest BCUT2D eigenvalue weighted by molar-refractivity contribution is 7.88. The zero-order valence-corrected chi connectivity index (χ0v) is 18.3. The van der Waals surface area contributed by atoms with Crippen LogP contribution in [0.5, 0.6) is 0 Å². The Morgan fingerprint density at radius 1 is 1.20 bits per heavy atom. The molecule has 0 unspecified atom stereocenters. The van der Waals surface area contributed by atoms with Crippen molar-refractivity contribution in [2.24, 2.45) is 5.92 Å². The molecule has 0 atom stereocenters. The quantitative estimate of drug-likeness (QED) is 0.740. The number of nitrogens with one attached hydrogen (secondary N) is 2. The van der Waals surface area contributed by atoms with Crippen molar-refractivity contribution in [2.45, 2.75) is 39.7 Å². The van der Waals surface area contributed by atoms with E-state index >= 15 is 0 Å². The summed E-state index contributed by atoms with van der Waals surface area (Å²) in [5, 5.41) is 10.4. The van der Waals surface area contributed by atoms with Gasteiger partial charge in [0.2, 0.25) is 15.9 Å². The van der Waals surface area contributed by atoms with E-state index in [1.807, 2.05) is 24.8 Å².